The number of hydrogen-bond donors (Lipinski definition) is 2. The predicted octanol–water partition coefficient (Wildman–Crippen LogP) is 5.61. The lowest BCUT2D eigenvalue weighted by molar-refractivity contribution is -0.141. The number of rotatable bonds is 12. The van der Waals surface area contributed by atoms with Crippen LogP contribution < -0.4 is 9.80 Å². The van der Waals surface area contributed by atoms with Crippen molar-refractivity contribution in [1.82, 2.24) is 34.8 Å². The smallest absolute Gasteiger partial charge is 0.433 e. The molecule has 5 heterocycles. The molecule has 2 N–H and O–H groups in total. The molecule has 1 aliphatic heterocycles. The molecule has 0 atom stereocenters. The number of alkyl halides is 3. The van der Waals surface area contributed by atoms with Crippen molar-refractivity contribution >= 4 is 28.6 Å². The van der Waals surface area contributed by atoms with E-state index in [1.165, 1.54) is 0 Å². The lowest BCUT2D eigenvalue weighted by Crippen LogP contribution is -2.47. The average Bonchev–Trinajstić information content (AvgIpc) is 3.71. The zero-order valence-electron chi connectivity index (χ0n) is 28.3. The molecule has 12 nitrogen and oxygen atoms in total. The molecule has 7 rings (SSSR count). The van der Waals surface area contributed by atoms with E-state index in [4.69, 9.17) is 19.8 Å². The molecule has 2 aliphatic carbocycles. The first kappa shape index (κ1) is 34.1. The van der Waals surface area contributed by atoms with E-state index in [1.807, 2.05) is 13.1 Å². The Morgan fingerprint density at radius 1 is 1.04 bits per heavy atom. The van der Waals surface area contributed by atoms with E-state index in [1.54, 1.807) is 25.6 Å². The summed E-state index contributed by atoms with van der Waals surface area (Å²) in [6.45, 7) is 4.73. The van der Waals surface area contributed by atoms with Crippen LogP contribution in [0.1, 0.15) is 62.3 Å². The molecule has 4 aromatic heterocycles. The van der Waals surface area contributed by atoms with E-state index in [9.17, 15) is 18.0 Å². The fourth-order valence-electron chi connectivity index (χ4n) is 7.40. The largest absolute Gasteiger partial charge is 0.481 e. The normalized spacial score (nSPS) is 18.2. The zero-order chi connectivity index (χ0) is 35.0. The third-order valence-electron chi connectivity index (χ3n) is 10.2. The van der Waals surface area contributed by atoms with Gasteiger partial charge in [0.2, 0.25) is 0 Å². The van der Waals surface area contributed by atoms with Crippen LogP contribution in [0.2, 0.25) is 0 Å². The van der Waals surface area contributed by atoms with Crippen LogP contribution in [0, 0.1) is 5.41 Å². The molecule has 0 spiro atoms. The first-order chi connectivity index (χ1) is 24.0. The molecule has 0 aromatic carbocycles. The van der Waals surface area contributed by atoms with E-state index < -0.39 is 17.8 Å². The molecule has 0 bridgehead atoms. The number of ether oxygens (including phenoxy) is 1. The first-order valence-electron chi connectivity index (χ1n) is 17.2. The number of fused-ring (bicyclic) bond motifs is 1. The van der Waals surface area contributed by atoms with Gasteiger partial charge in [0, 0.05) is 76.0 Å². The van der Waals surface area contributed by atoms with Gasteiger partial charge in [0.05, 0.1) is 36.8 Å². The summed E-state index contributed by atoms with van der Waals surface area (Å²) in [5.74, 6) is 0.392. The van der Waals surface area contributed by atoms with Gasteiger partial charge < -0.3 is 24.6 Å². The molecule has 3 fully saturated rings. The molecule has 50 heavy (non-hydrogen) atoms. The van der Waals surface area contributed by atoms with Crippen LogP contribution in [0.3, 0.4) is 0 Å². The number of H-pyrrole nitrogens is 1. The van der Waals surface area contributed by atoms with Gasteiger partial charge in [-0.15, -0.1) is 0 Å². The second-order valence-corrected chi connectivity index (χ2v) is 14.0. The lowest BCUT2D eigenvalue weighted by atomic mass is 9.86. The predicted molar refractivity (Wildman–Crippen MR) is 182 cm³/mol. The number of pyridine rings is 2. The Labute approximate surface area is 288 Å². The van der Waals surface area contributed by atoms with Crippen LogP contribution >= 0.6 is 0 Å². The summed E-state index contributed by atoms with van der Waals surface area (Å²) < 4.78 is 47.7. The minimum absolute atomic E-state index is 0.0255. The zero-order valence-corrected chi connectivity index (χ0v) is 28.3. The van der Waals surface area contributed by atoms with Gasteiger partial charge in [-0.1, -0.05) is 12.8 Å². The van der Waals surface area contributed by atoms with Crippen molar-refractivity contribution < 1.29 is 27.8 Å². The number of aliphatic carboxylic acids is 1. The number of nitrogens with one attached hydrogen (secondary N) is 1. The highest BCUT2D eigenvalue weighted by Gasteiger charge is 2.37. The summed E-state index contributed by atoms with van der Waals surface area (Å²) in [6.07, 6.45) is 4.84. The number of hydrogen-bond acceptors (Lipinski definition) is 10. The summed E-state index contributed by atoms with van der Waals surface area (Å²) in [7, 11) is 3.71. The van der Waals surface area contributed by atoms with E-state index in [0.717, 1.165) is 63.4 Å². The quantitative estimate of drug-likeness (QED) is 0.192. The lowest BCUT2D eigenvalue weighted by Gasteiger charge is -2.34. The number of halogens is 3. The number of aromatic nitrogens is 6. The van der Waals surface area contributed by atoms with Crippen LogP contribution in [0.5, 0.6) is 0 Å². The molecule has 1 saturated heterocycles. The van der Waals surface area contributed by atoms with Gasteiger partial charge in [-0.3, -0.25) is 9.69 Å². The Kier molecular flexibility index (Phi) is 9.37. The molecule has 0 amide bonds. The van der Waals surface area contributed by atoms with Crippen molar-refractivity contribution in [3.8, 4) is 22.8 Å². The van der Waals surface area contributed by atoms with E-state index in [0.29, 0.717) is 78.2 Å². The van der Waals surface area contributed by atoms with Crippen molar-refractivity contribution in [2.75, 3.05) is 69.8 Å². The summed E-state index contributed by atoms with van der Waals surface area (Å²) in [5.41, 5.74) is 2.54. The third kappa shape index (κ3) is 7.38. The van der Waals surface area contributed by atoms with Crippen LogP contribution in [-0.2, 0) is 15.7 Å². The highest BCUT2D eigenvalue weighted by molar-refractivity contribution is 5.91. The van der Waals surface area contributed by atoms with E-state index in [2.05, 4.69) is 34.6 Å². The van der Waals surface area contributed by atoms with Gasteiger partial charge in [0.25, 0.3) is 0 Å². The second-order valence-electron chi connectivity index (χ2n) is 14.0. The number of piperazine rings is 1. The molecule has 0 radical (unpaired) electrons. The summed E-state index contributed by atoms with van der Waals surface area (Å²) >= 11 is 0. The van der Waals surface area contributed by atoms with E-state index >= 15 is 0 Å². The average molecular weight is 694 g/mol. The molecule has 2 saturated carbocycles. The summed E-state index contributed by atoms with van der Waals surface area (Å²) in [6, 6.07) is 4.66. The molecular weight excluding hydrogens is 651 g/mol. The number of carbonyl (C=O) groups is 1. The monoisotopic (exact) mass is 693 g/mol. The highest BCUT2D eigenvalue weighted by Crippen LogP contribution is 2.44. The third-order valence-corrected chi connectivity index (χ3v) is 10.2. The number of nitrogens with zero attached hydrogens (tertiary/aromatic N) is 8. The molecule has 266 valence electrons. The van der Waals surface area contributed by atoms with Gasteiger partial charge in [0.1, 0.15) is 22.7 Å². The number of carboxylic acids is 1. The van der Waals surface area contributed by atoms with Crippen molar-refractivity contribution in [2.45, 2.75) is 57.0 Å². The summed E-state index contributed by atoms with van der Waals surface area (Å²) in [4.78, 5) is 43.6. The fraction of sp³-hybridized carbons (Fsp3) is 0.543. The van der Waals surface area contributed by atoms with Crippen LogP contribution in [0.15, 0.2) is 30.6 Å². The van der Waals surface area contributed by atoms with Crippen molar-refractivity contribution in [3.05, 3.63) is 42.0 Å². The van der Waals surface area contributed by atoms with Crippen molar-refractivity contribution in [2.24, 2.45) is 5.41 Å². The number of carboxylic acid groups (broad SMARTS) is 1. The number of methoxy groups -OCH3 is 1. The Balaban J connectivity index is 1.22. The molecule has 3 aliphatic rings. The Morgan fingerprint density at radius 3 is 2.44 bits per heavy atom. The topological polar surface area (TPSA) is 136 Å². The second kappa shape index (κ2) is 13.7. The minimum atomic E-state index is -4.59. The maximum Gasteiger partial charge on any atom is 0.433 e. The number of aromatic amines is 1. The number of anilines is 2. The van der Waals surface area contributed by atoms with Crippen molar-refractivity contribution in [1.29, 1.82) is 0 Å². The Morgan fingerprint density at radius 2 is 1.80 bits per heavy atom. The Hall–Kier alpha value is -4.37. The Bertz CT molecular complexity index is 1830. The first-order valence-corrected chi connectivity index (χ1v) is 17.2. The maximum atomic E-state index is 14.0. The van der Waals surface area contributed by atoms with Gasteiger partial charge in [-0.25, -0.2) is 24.9 Å². The van der Waals surface area contributed by atoms with Crippen LogP contribution in [-0.4, -0.2) is 106 Å². The SMILES string of the molecule is COCC1(CN(C)c2cc(-c3cc(C4CC4)nc(C(F)(F)F)c3)nc3nc(-c4cnc(N5CCN(CCC(=O)O)CC5)cn4)[nH]c23)CCCC1. The fourth-order valence-corrected chi connectivity index (χ4v) is 7.40. The highest BCUT2D eigenvalue weighted by atomic mass is 19.4. The molecule has 15 heteroatoms. The van der Waals surface area contributed by atoms with Crippen LogP contribution in [0.25, 0.3) is 33.9 Å². The molecular formula is C35H42F3N9O3. The van der Waals surface area contributed by atoms with Crippen molar-refractivity contribution in [3.63, 3.8) is 0 Å². The maximum absolute atomic E-state index is 14.0. The summed E-state index contributed by atoms with van der Waals surface area (Å²) in [5, 5.41) is 8.99. The minimum Gasteiger partial charge on any atom is -0.481 e. The molecule has 4 aromatic rings. The van der Waals surface area contributed by atoms with Crippen LogP contribution in [0.4, 0.5) is 24.7 Å². The van der Waals surface area contributed by atoms with E-state index in [-0.39, 0.29) is 17.8 Å². The standard InChI is InChI=1S/C35H42F3N9O3/c1-45(20-34(21-50-2)8-3-4-9-34)27-17-25(23-15-24(22-5-6-22)41-28(16-23)35(36,37)38)42-33-31(27)43-32(44-33)26-18-40-29(19-39-26)47-13-11-46(12-14-47)10-7-30(48)49/h15-19,22H,3-14,20-21H2,1-2H3,(H,48,49)(H,42,43,44). The van der Waals surface area contributed by atoms with Gasteiger partial charge >= 0.3 is 12.1 Å². The molecule has 0 unspecified atom stereocenters. The van der Waals surface area contributed by atoms with Gasteiger partial charge in [-0.2, -0.15) is 13.2 Å². The number of imidazole rings is 1. The van der Waals surface area contributed by atoms with Gasteiger partial charge in [0.15, 0.2) is 11.5 Å². The van der Waals surface area contributed by atoms with Gasteiger partial charge in [-0.05, 0) is 43.9 Å².